The van der Waals surface area contributed by atoms with Crippen molar-refractivity contribution in [2.45, 2.75) is 32.4 Å². The van der Waals surface area contributed by atoms with Crippen molar-refractivity contribution in [2.24, 2.45) is 0 Å². The Bertz CT molecular complexity index is 646. The maximum atomic E-state index is 12.2. The van der Waals surface area contributed by atoms with E-state index >= 15 is 0 Å². The Kier molecular flexibility index (Phi) is 5.09. The van der Waals surface area contributed by atoms with Crippen molar-refractivity contribution in [1.82, 2.24) is 10.2 Å². The van der Waals surface area contributed by atoms with Crippen LogP contribution in [0.5, 0.6) is 0 Å². The summed E-state index contributed by atoms with van der Waals surface area (Å²) in [6, 6.07) is 18.3. The van der Waals surface area contributed by atoms with Crippen molar-refractivity contribution < 1.29 is 4.79 Å². The monoisotopic (exact) mass is 308 g/mol. The first-order chi connectivity index (χ1) is 11.2. The van der Waals surface area contributed by atoms with Gasteiger partial charge in [0.05, 0.1) is 0 Å². The summed E-state index contributed by atoms with van der Waals surface area (Å²) in [6.07, 6.45) is 2.04. The highest BCUT2D eigenvalue weighted by atomic mass is 16.1. The number of aryl methyl sites for hydroxylation is 1. The molecule has 1 N–H and O–H groups in total. The minimum atomic E-state index is 0.0444. The zero-order chi connectivity index (χ0) is 16.1. The zero-order valence-corrected chi connectivity index (χ0v) is 13.7. The Hall–Kier alpha value is -2.13. The molecule has 1 aliphatic rings. The van der Waals surface area contributed by atoms with Gasteiger partial charge in [0.15, 0.2) is 0 Å². The Morgan fingerprint density at radius 2 is 1.70 bits per heavy atom. The maximum absolute atomic E-state index is 12.2. The molecule has 0 bridgehead atoms. The van der Waals surface area contributed by atoms with Crippen LogP contribution in [0.2, 0.25) is 0 Å². The highest BCUT2D eigenvalue weighted by Crippen LogP contribution is 2.16. The van der Waals surface area contributed by atoms with E-state index in [1.165, 1.54) is 11.1 Å². The summed E-state index contributed by atoms with van der Waals surface area (Å²) < 4.78 is 0. The van der Waals surface area contributed by atoms with Crippen LogP contribution in [-0.2, 0) is 6.54 Å². The second kappa shape index (κ2) is 7.42. The van der Waals surface area contributed by atoms with Crippen LogP contribution in [-0.4, -0.2) is 29.9 Å². The molecule has 3 heteroatoms. The molecule has 1 amide bonds. The number of carbonyl (C=O) groups excluding carboxylic acids is 1. The van der Waals surface area contributed by atoms with Gasteiger partial charge in [-0.15, -0.1) is 0 Å². The Morgan fingerprint density at radius 1 is 1.04 bits per heavy atom. The van der Waals surface area contributed by atoms with Gasteiger partial charge in [-0.05, 0) is 43.0 Å². The number of nitrogens with one attached hydrogen (secondary N) is 1. The molecule has 1 heterocycles. The molecule has 3 nitrogen and oxygen atoms in total. The van der Waals surface area contributed by atoms with E-state index in [9.17, 15) is 4.79 Å². The number of rotatable bonds is 4. The lowest BCUT2D eigenvalue weighted by Crippen LogP contribution is -2.44. The Labute approximate surface area is 138 Å². The molecule has 2 aromatic carbocycles. The lowest BCUT2D eigenvalue weighted by atomic mass is 10.0. The quantitative estimate of drug-likeness (QED) is 0.939. The topological polar surface area (TPSA) is 32.3 Å². The third-order valence-electron chi connectivity index (χ3n) is 4.61. The van der Waals surface area contributed by atoms with E-state index in [4.69, 9.17) is 0 Å². The second-order valence-electron chi connectivity index (χ2n) is 6.32. The van der Waals surface area contributed by atoms with Gasteiger partial charge in [-0.3, -0.25) is 9.69 Å². The summed E-state index contributed by atoms with van der Waals surface area (Å²) in [5.41, 5.74) is 3.50. The summed E-state index contributed by atoms with van der Waals surface area (Å²) >= 11 is 0. The van der Waals surface area contributed by atoms with Gasteiger partial charge < -0.3 is 5.32 Å². The normalized spacial score (nSPS) is 16.2. The zero-order valence-electron chi connectivity index (χ0n) is 13.7. The third kappa shape index (κ3) is 4.20. The smallest absolute Gasteiger partial charge is 0.251 e. The van der Waals surface area contributed by atoms with Gasteiger partial charge in [-0.2, -0.15) is 0 Å². The van der Waals surface area contributed by atoms with Crippen LogP contribution in [0.25, 0.3) is 0 Å². The van der Waals surface area contributed by atoms with E-state index in [1.807, 2.05) is 30.3 Å². The predicted octanol–water partition coefficient (Wildman–Crippen LogP) is 3.39. The third-order valence-corrected chi connectivity index (χ3v) is 4.61. The van der Waals surface area contributed by atoms with Gasteiger partial charge in [0, 0.05) is 31.2 Å². The molecule has 3 rings (SSSR count). The van der Waals surface area contributed by atoms with Crippen LogP contribution in [0.1, 0.15) is 34.3 Å². The fourth-order valence-electron chi connectivity index (χ4n) is 3.12. The van der Waals surface area contributed by atoms with Crippen molar-refractivity contribution >= 4 is 5.91 Å². The van der Waals surface area contributed by atoms with E-state index in [0.717, 1.165) is 38.0 Å². The standard InChI is InChI=1S/C20H24N2O/c1-16-7-5-6-10-18(16)15-22-13-11-19(12-14-22)21-20(23)17-8-3-2-4-9-17/h2-10,19H,11-15H2,1H3,(H,21,23). The molecule has 0 aliphatic carbocycles. The first kappa shape index (κ1) is 15.8. The van der Waals surface area contributed by atoms with Crippen molar-refractivity contribution in [1.29, 1.82) is 0 Å². The van der Waals surface area contributed by atoms with Crippen LogP contribution in [0.15, 0.2) is 54.6 Å². The fourth-order valence-corrected chi connectivity index (χ4v) is 3.12. The Balaban J connectivity index is 1.49. The van der Waals surface area contributed by atoms with Crippen LogP contribution in [0, 0.1) is 6.92 Å². The van der Waals surface area contributed by atoms with Crippen LogP contribution < -0.4 is 5.32 Å². The lowest BCUT2D eigenvalue weighted by Gasteiger charge is -2.32. The highest BCUT2D eigenvalue weighted by Gasteiger charge is 2.21. The van der Waals surface area contributed by atoms with Crippen LogP contribution in [0.3, 0.4) is 0 Å². The SMILES string of the molecule is Cc1ccccc1CN1CCC(NC(=O)c2ccccc2)CC1. The number of likely N-dealkylation sites (tertiary alicyclic amines) is 1. The molecule has 0 spiro atoms. The average molecular weight is 308 g/mol. The molecule has 0 aromatic heterocycles. The first-order valence-corrected chi connectivity index (χ1v) is 8.35. The van der Waals surface area contributed by atoms with Gasteiger partial charge in [0.1, 0.15) is 0 Å². The van der Waals surface area contributed by atoms with E-state index in [2.05, 4.69) is 41.4 Å². The van der Waals surface area contributed by atoms with E-state index in [0.29, 0.717) is 0 Å². The van der Waals surface area contributed by atoms with Crippen LogP contribution >= 0.6 is 0 Å². The van der Waals surface area contributed by atoms with E-state index in [-0.39, 0.29) is 11.9 Å². The summed E-state index contributed by atoms with van der Waals surface area (Å²) in [4.78, 5) is 14.7. The van der Waals surface area contributed by atoms with Crippen molar-refractivity contribution in [3.05, 3.63) is 71.3 Å². The minimum Gasteiger partial charge on any atom is -0.349 e. The molecule has 120 valence electrons. The second-order valence-corrected chi connectivity index (χ2v) is 6.32. The molecule has 1 aliphatic heterocycles. The molecular weight excluding hydrogens is 284 g/mol. The lowest BCUT2D eigenvalue weighted by molar-refractivity contribution is 0.0909. The molecule has 0 saturated carbocycles. The summed E-state index contributed by atoms with van der Waals surface area (Å²) in [7, 11) is 0. The highest BCUT2D eigenvalue weighted by molar-refractivity contribution is 5.94. The van der Waals surface area contributed by atoms with E-state index < -0.39 is 0 Å². The number of benzene rings is 2. The molecule has 23 heavy (non-hydrogen) atoms. The first-order valence-electron chi connectivity index (χ1n) is 8.35. The van der Waals surface area contributed by atoms with E-state index in [1.54, 1.807) is 0 Å². The number of amides is 1. The number of hydrogen-bond donors (Lipinski definition) is 1. The maximum Gasteiger partial charge on any atom is 0.251 e. The Morgan fingerprint density at radius 3 is 2.39 bits per heavy atom. The average Bonchev–Trinajstić information content (AvgIpc) is 2.59. The van der Waals surface area contributed by atoms with Gasteiger partial charge in [0.2, 0.25) is 0 Å². The number of carbonyl (C=O) groups is 1. The van der Waals surface area contributed by atoms with Gasteiger partial charge >= 0.3 is 0 Å². The van der Waals surface area contributed by atoms with Crippen molar-refractivity contribution in [3.63, 3.8) is 0 Å². The van der Waals surface area contributed by atoms with Gasteiger partial charge in [0.25, 0.3) is 5.91 Å². The molecular formula is C20H24N2O. The molecule has 0 radical (unpaired) electrons. The summed E-state index contributed by atoms with van der Waals surface area (Å²) in [5, 5.41) is 3.17. The van der Waals surface area contributed by atoms with Crippen LogP contribution in [0.4, 0.5) is 0 Å². The van der Waals surface area contributed by atoms with Crippen molar-refractivity contribution in [2.75, 3.05) is 13.1 Å². The molecule has 2 aromatic rings. The molecule has 1 saturated heterocycles. The molecule has 1 fully saturated rings. The number of nitrogens with zero attached hydrogens (tertiary/aromatic N) is 1. The minimum absolute atomic E-state index is 0.0444. The van der Waals surface area contributed by atoms with Gasteiger partial charge in [-0.25, -0.2) is 0 Å². The number of hydrogen-bond acceptors (Lipinski definition) is 2. The predicted molar refractivity (Wildman–Crippen MR) is 93.4 cm³/mol. The fraction of sp³-hybridized carbons (Fsp3) is 0.350. The summed E-state index contributed by atoms with van der Waals surface area (Å²) in [5.74, 6) is 0.0444. The largest absolute Gasteiger partial charge is 0.349 e. The molecule has 0 atom stereocenters. The van der Waals surface area contributed by atoms with Gasteiger partial charge in [-0.1, -0.05) is 42.5 Å². The summed E-state index contributed by atoms with van der Waals surface area (Å²) in [6.45, 7) is 5.25. The van der Waals surface area contributed by atoms with Crippen molar-refractivity contribution in [3.8, 4) is 0 Å². The number of piperidine rings is 1. The molecule has 0 unspecified atom stereocenters.